The van der Waals surface area contributed by atoms with Crippen molar-refractivity contribution in [2.45, 2.75) is 13.5 Å². The largest absolute Gasteiger partial charge is 0.326 e. The molecule has 2 rings (SSSR count). The fraction of sp³-hybridized carbons (Fsp3) is 0.200. The Morgan fingerprint density at radius 1 is 1.50 bits per heavy atom. The number of aryl methyl sites for hydroxylation is 1. The number of H-pyrrole nitrogens is 1. The van der Waals surface area contributed by atoms with Crippen molar-refractivity contribution in [3.63, 3.8) is 0 Å². The molecule has 1 aromatic carbocycles. The topological polar surface area (TPSA) is 71.8 Å². The van der Waals surface area contributed by atoms with E-state index in [0.29, 0.717) is 23.3 Å². The summed E-state index contributed by atoms with van der Waals surface area (Å²) < 4.78 is 0. The summed E-state index contributed by atoms with van der Waals surface area (Å²) >= 11 is 0. The van der Waals surface area contributed by atoms with E-state index < -0.39 is 0 Å². The van der Waals surface area contributed by atoms with Crippen LogP contribution in [0.5, 0.6) is 0 Å². The Morgan fingerprint density at radius 3 is 3.00 bits per heavy atom. The number of hydrogen-bond acceptors (Lipinski definition) is 3. The number of benzene rings is 1. The van der Waals surface area contributed by atoms with Gasteiger partial charge in [-0.3, -0.25) is 4.79 Å². The minimum Gasteiger partial charge on any atom is -0.326 e. The highest BCUT2D eigenvalue weighted by atomic mass is 16.1. The highest BCUT2D eigenvalue weighted by Crippen LogP contribution is 2.09. The summed E-state index contributed by atoms with van der Waals surface area (Å²) in [7, 11) is 0. The van der Waals surface area contributed by atoms with Gasteiger partial charge in [-0.2, -0.15) is 0 Å². The number of rotatable bonds is 1. The number of fused-ring (bicyclic) bond motifs is 1. The maximum atomic E-state index is 11.5. The Morgan fingerprint density at radius 2 is 2.29 bits per heavy atom. The standard InChI is InChI=1S/C10H11N3O/c1-6-12-9-4-7(5-11)2-3-8(9)10(14)13-6/h2-4H,5,11H2,1H3,(H,12,13,14). The second kappa shape index (κ2) is 3.23. The first-order valence-electron chi connectivity index (χ1n) is 4.40. The van der Waals surface area contributed by atoms with Crippen LogP contribution in [-0.2, 0) is 6.54 Å². The molecule has 0 saturated heterocycles. The van der Waals surface area contributed by atoms with E-state index in [4.69, 9.17) is 5.73 Å². The van der Waals surface area contributed by atoms with Crippen molar-refractivity contribution in [3.8, 4) is 0 Å². The van der Waals surface area contributed by atoms with Crippen LogP contribution in [-0.4, -0.2) is 9.97 Å². The van der Waals surface area contributed by atoms with Gasteiger partial charge in [-0.05, 0) is 24.6 Å². The molecule has 0 saturated carbocycles. The fourth-order valence-corrected chi connectivity index (χ4v) is 1.43. The van der Waals surface area contributed by atoms with Crippen molar-refractivity contribution in [3.05, 3.63) is 39.9 Å². The first kappa shape index (κ1) is 8.90. The van der Waals surface area contributed by atoms with Gasteiger partial charge < -0.3 is 10.7 Å². The van der Waals surface area contributed by atoms with Crippen LogP contribution in [0.15, 0.2) is 23.0 Å². The zero-order valence-corrected chi connectivity index (χ0v) is 7.87. The van der Waals surface area contributed by atoms with Crippen LogP contribution in [0.4, 0.5) is 0 Å². The van der Waals surface area contributed by atoms with Crippen LogP contribution in [0.25, 0.3) is 10.9 Å². The number of hydrogen-bond donors (Lipinski definition) is 2. The van der Waals surface area contributed by atoms with E-state index in [9.17, 15) is 4.79 Å². The molecule has 2 aromatic rings. The molecule has 0 fully saturated rings. The number of aromatic nitrogens is 2. The van der Waals surface area contributed by atoms with Gasteiger partial charge in [0.05, 0.1) is 10.9 Å². The summed E-state index contributed by atoms with van der Waals surface area (Å²) in [5.41, 5.74) is 7.09. The smallest absolute Gasteiger partial charge is 0.258 e. The van der Waals surface area contributed by atoms with E-state index in [1.54, 1.807) is 13.0 Å². The summed E-state index contributed by atoms with van der Waals surface area (Å²) in [6.45, 7) is 2.22. The minimum atomic E-state index is -0.101. The Labute approximate surface area is 80.8 Å². The molecule has 0 unspecified atom stereocenters. The third-order valence-corrected chi connectivity index (χ3v) is 2.13. The molecule has 1 aromatic heterocycles. The molecule has 4 heteroatoms. The van der Waals surface area contributed by atoms with Crippen LogP contribution in [0.3, 0.4) is 0 Å². The van der Waals surface area contributed by atoms with Crippen molar-refractivity contribution < 1.29 is 0 Å². The maximum absolute atomic E-state index is 11.5. The lowest BCUT2D eigenvalue weighted by Crippen LogP contribution is -2.10. The summed E-state index contributed by atoms with van der Waals surface area (Å²) in [6, 6.07) is 5.44. The lowest BCUT2D eigenvalue weighted by atomic mass is 10.1. The van der Waals surface area contributed by atoms with Crippen molar-refractivity contribution >= 4 is 10.9 Å². The quantitative estimate of drug-likeness (QED) is 0.693. The molecule has 3 N–H and O–H groups in total. The Bertz CT molecular complexity index is 530. The van der Waals surface area contributed by atoms with E-state index in [1.807, 2.05) is 12.1 Å². The predicted octanol–water partition coefficient (Wildman–Crippen LogP) is 0.690. The SMILES string of the molecule is Cc1nc2cc(CN)ccc2c(=O)[nH]1. The van der Waals surface area contributed by atoms with Gasteiger partial charge in [0.2, 0.25) is 0 Å². The van der Waals surface area contributed by atoms with E-state index in [2.05, 4.69) is 9.97 Å². The van der Waals surface area contributed by atoms with Crippen LogP contribution in [0, 0.1) is 6.92 Å². The zero-order chi connectivity index (χ0) is 10.1. The van der Waals surface area contributed by atoms with E-state index in [0.717, 1.165) is 5.56 Å². The summed E-state index contributed by atoms with van der Waals surface area (Å²) in [4.78, 5) is 18.4. The maximum Gasteiger partial charge on any atom is 0.258 e. The van der Waals surface area contributed by atoms with Gasteiger partial charge in [-0.1, -0.05) is 6.07 Å². The van der Waals surface area contributed by atoms with Crippen molar-refractivity contribution in [1.82, 2.24) is 9.97 Å². The molecule has 14 heavy (non-hydrogen) atoms. The molecule has 0 aliphatic rings. The van der Waals surface area contributed by atoms with Crippen LogP contribution in [0.2, 0.25) is 0 Å². The molecule has 0 radical (unpaired) electrons. The van der Waals surface area contributed by atoms with Gasteiger partial charge >= 0.3 is 0 Å². The van der Waals surface area contributed by atoms with Crippen molar-refractivity contribution in [2.24, 2.45) is 5.73 Å². The average Bonchev–Trinajstić information content (AvgIpc) is 2.16. The second-order valence-electron chi connectivity index (χ2n) is 3.21. The van der Waals surface area contributed by atoms with Gasteiger partial charge in [0.15, 0.2) is 0 Å². The number of nitrogens with two attached hydrogens (primary N) is 1. The molecule has 0 atom stereocenters. The highest BCUT2D eigenvalue weighted by molar-refractivity contribution is 5.78. The van der Waals surface area contributed by atoms with E-state index >= 15 is 0 Å². The predicted molar refractivity (Wildman–Crippen MR) is 55.0 cm³/mol. The zero-order valence-electron chi connectivity index (χ0n) is 7.87. The molecular formula is C10H11N3O. The molecule has 0 amide bonds. The second-order valence-corrected chi connectivity index (χ2v) is 3.21. The monoisotopic (exact) mass is 189 g/mol. The van der Waals surface area contributed by atoms with Gasteiger partial charge in [-0.15, -0.1) is 0 Å². The van der Waals surface area contributed by atoms with E-state index in [-0.39, 0.29) is 5.56 Å². The lowest BCUT2D eigenvalue weighted by molar-refractivity contribution is 1.04. The first-order chi connectivity index (χ1) is 6.70. The third-order valence-electron chi connectivity index (χ3n) is 2.13. The van der Waals surface area contributed by atoms with Crippen molar-refractivity contribution in [2.75, 3.05) is 0 Å². The number of nitrogens with one attached hydrogen (secondary N) is 1. The van der Waals surface area contributed by atoms with Gasteiger partial charge in [-0.25, -0.2) is 4.98 Å². The molecule has 4 nitrogen and oxygen atoms in total. The molecule has 0 bridgehead atoms. The molecule has 0 aliphatic carbocycles. The molecular weight excluding hydrogens is 178 g/mol. The van der Waals surface area contributed by atoms with Crippen LogP contribution < -0.4 is 11.3 Å². The van der Waals surface area contributed by atoms with Crippen LogP contribution >= 0.6 is 0 Å². The third kappa shape index (κ3) is 1.40. The summed E-state index contributed by atoms with van der Waals surface area (Å²) in [5, 5.41) is 0.604. The Hall–Kier alpha value is -1.68. The molecule has 0 spiro atoms. The summed E-state index contributed by atoms with van der Waals surface area (Å²) in [5.74, 6) is 0.622. The van der Waals surface area contributed by atoms with Crippen molar-refractivity contribution in [1.29, 1.82) is 0 Å². The lowest BCUT2D eigenvalue weighted by Gasteiger charge is -2.00. The number of aromatic amines is 1. The Balaban J connectivity index is 2.82. The van der Waals surface area contributed by atoms with Gasteiger partial charge in [0, 0.05) is 6.54 Å². The number of nitrogens with zero attached hydrogens (tertiary/aromatic N) is 1. The first-order valence-corrected chi connectivity index (χ1v) is 4.40. The van der Waals surface area contributed by atoms with Gasteiger partial charge in [0.25, 0.3) is 5.56 Å². The average molecular weight is 189 g/mol. The minimum absolute atomic E-state index is 0.101. The fourth-order valence-electron chi connectivity index (χ4n) is 1.43. The van der Waals surface area contributed by atoms with Gasteiger partial charge in [0.1, 0.15) is 5.82 Å². The molecule has 0 aliphatic heterocycles. The highest BCUT2D eigenvalue weighted by Gasteiger charge is 2.01. The van der Waals surface area contributed by atoms with Crippen LogP contribution in [0.1, 0.15) is 11.4 Å². The normalized spacial score (nSPS) is 10.7. The van der Waals surface area contributed by atoms with E-state index in [1.165, 1.54) is 0 Å². The summed E-state index contributed by atoms with van der Waals surface area (Å²) in [6.07, 6.45) is 0. The molecule has 1 heterocycles. The molecule has 72 valence electrons. The Kier molecular flexibility index (Phi) is 2.05.